The van der Waals surface area contributed by atoms with Gasteiger partial charge in [0.05, 0.1) is 18.1 Å². The summed E-state index contributed by atoms with van der Waals surface area (Å²) in [5, 5.41) is 5.88. The van der Waals surface area contributed by atoms with E-state index in [2.05, 4.69) is 5.16 Å². The highest BCUT2D eigenvalue weighted by molar-refractivity contribution is 7.91. The van der Waals surface area contributed by atoms with E-state index in [0.29, 0.717) is 18.7 Å². The molecule has 1 saturated heterocycles. The Bertz CT molecular complexity index is 1030. The molecule has 6 nitrogen and oxygen atoms in total. The van der Waals surface area contributed by atoms with Crippen LogP contribution in [0.15, 0.2) is 58.4 Å². The van der Waals surface area contributed by atoms with Gasteiger partial charge in [0.25, 0.3) is 5.91 Å². The van der Waals surface area contributed by atoms with Crippen molar-refractivity contribution >= 4 is 27.1 Å². The fourth-order valence-corrected chi connectivity index (χ4v) is 5.65. The molecule has 4 rings (SSSR count). The Balaban J connectivity index is 1.61. The van der Waals surface area contributed by atoms with Crippen LogP contribution >= 0.6 is 11.3 Å². The number of rotatable bonds is 5. The number of carbonyl (C=O) groups excluding carboxylic acids is 1. The lowest BCUT2D eigenvalue weighted by Gasteiger charge is -2.26. The summed E-state index contributed by atoms with van der Waals surface area (Å²) < 4.78 is 29.2. The molecule has 0 unspecified atom stereocenters. The van der Waals surface area contributed by atoms with Crippen LogP contribution < -0.4 is 0 Å². The molecule has 1 aliphatic rings. The summed E-state index contributed by atoms with van der Waals surface area (Å²) in [4.78, 5) is 15.7. The van der Waals surface area contributed by atoms with Crippen molar-refractivity contribution in [2.75, 3.05) is 11.5 Å². The van der Waals surface area contributed by atoms with Crippen molar-refractivity contribution in [2.24, 2.45) is 0 Å². The number of sulfone groups is 1. The van der Waals surface area contributed by atoms with Gasteiger partial charge in [0.15, 0.2) is 21.3 Å². The second kappa shape index (κ2) is 7.28. The van der Waals surface area contributed by atoms with E-state index >= 15 is 0 Å². The summed E-state index contributed by atoms with van der Waals surface area (Å²) in [6, 6.07) is 14.5. The number of benzene rings is 1. The fourth-order valence-electron chi connectivity index (χ4n) is 3.22. The first-order valence-corrected chi connectivity index (χ1v) is 11.3. The summed E-state index contributed by atoms with van der Waals surface area (Å²) in [5.74, 6) is 0.304. The molecular formula is C19H18N2O4S2. The minimum absolute atomic E-state index is 0.00644. The van der Waals surface area contributed by atoms with E-state index in [0.717, 1.165) is 10.4 Å². The Kier molecular flexibility index (Phi) is 4.84. The minimum atomic E-state index is -3.11. The molecule has 0 aliphatic carbocycles. The molecule has 1 atom stereocenters. The predicted octanol–water partition coefficient (Wildman–Crippen LogP) is 3.23. The molecule has 0 saturated carbocycles. The molecule has 1 aromatic carbocycles. The molecule has 3 heterocycles. The molecule has 0 N–H and O–H groups in total. The Morgan fingerprint density at radius 2 is 2.04 bits per heavy atom. The summed E-state index contributed by atoms with van der Waals surface area (Å²) >= 11 is 1.54. The molecule has 2 aromatic heterocycles. The molecule has 27 heavy (non-hydrogen) atoms. The summed E-state index contributed by atoms with van der Waals surface area (Å²) in [5.41, 5.74) is 1.02. The zero-order valence-electron chi connectivity index (χ0n) is 14.4. The molecular weight excluding hydrogens is 384 g/mol. The van der Waals surface area contributed by atoms with E-state index in [1.165, 1.54) is 11.3 Å². The minimum Gasteiger partial charge on any atom is -0.355 e. The Labute approximate surface area is 161 Å². The number of aromatic nitrogens is 1. The van der Waals surface area contributed by atoms with Gasteiger partial charge in [-0.3, -0.25) is 4.79 Å². The number of amides is 1. The third-order valence-electron chi connectivity index (χ3n) is 4.60. The van der Waals surface area contributed by atoms with Crippen LogP contribution in [0.3, 0.4) is 0 Å². The first-order valence-electron chi connectivity index (χ1n) is 8.58. The largest absolute Gasteiger partial charge is 0.355 e. The van der Waals surface area contributed by atoms with E-state index in [1.807, 2.05) is 47.8 Å². The zero-order chi connectivity index (χ0) is 18.9. The maximum Gasteiger partial charge on any atom is 0.276 e. The van der Waals surface area contributed by atoms with Crippen LogP contribution in [0.5, 0.6) is 0 Å². The Morgan fingerprint density at radius 3 is 2.70 bits per heavy atom. The van der Waals surface area contributed by atoms with Gasteiger partial charge in [-0.25, -0.2) is 8.42 Å². The highest BCUT2D eigenvalue weighted by Gasteiger charge is 2.36. The SMILES string of the molecule is O=C(c1cc(-c2ccccc2)on1)N(Cc1cccs1)[C@@H]1CCS(=O)(=O)C1. The first-order chi connectivity index (χ1) is 13.0. The maximum absolute atomic E-state index is 13.1. The van der Waals surface area contributed by atoms with Gasteiger partial charge in [-0.15, -0.1) is 11.3 Å². The summed E-state index contributed by atoms with van der Waals surface area (Å²) in [7, 11) is -3.11. The van der Waals surface area contributed by atoms with Crippen LogP contribution in [0.2, 0.25) is 0 Å². The lowest BCUT2D eigenvalue weighted by atomic mass is 10.1. The molecule has 3 aromatic rings. The van der Waals surface area contributed by atoms with Crippen molar-refractivity contribution in [1.82, 2.24) is 10.1 Å². The van der Waals surface area contributed by atoms with Crippen LogP contribution in [0.4, 0.5) is 0 Å². The smallest absolute Gasteiger partial charge is 0.276 e. The lowest BCUT2D eigenvalue weighted by Crippen LogP contribution is -2.40. The second-order valence-corrected chi connectivity index (χ2v) is 9.77. The van der Waals surface area contributed by atoms with Crippen molar-refractivity contribution < 1.29 is 17.7 Å². The fraction of sp³-hybridized carbons (Fsp3) is 0.263. The van der Waals surface area contributed by atoms with Crippen LogP contribution in [0.25, 0.3) is 11.3 Å². The van der Waals surface area contributed by atoms with Gasteiger partial charge in [0.2, 0.25) is 0 Å². The monoisotopic (exact) mass is 402 g/mol. The first kappa shape index (κ1) is 17.9. The van der Waals surface area contributed by atoms with Crippen LogP contribution in [-0.2, 0) is 16.4 Å². The zero-order valence-corrected chi connectivity index (χ0v) is 16.1. The molecule has 0 bridgehead atoms. The average molecular weight is 402 g/mol. The third kappa shape index (κ3) is 3.96. The number of carbonyl (C=O) groups is 1. The molecule has 0 radical (unpaired) electrons. The number of hydrogen-bond acceptors (Lipinski definition) is 6. The number of hydrogen-bond donors (Lipinski definition) is 0. The van der Waals surface area contributed by atoms with Gasteiger partial charge in [0.1, 0.15) is 0 Å². The van der Waals surface area contributed by atoms with Gasteiger partial charge < -0.3 is 9.42 Å². The second-order valence-electron chi connectivity index (χ2n) is 6.51. The molecule has 1 fully saturated rings. The van der Waals surface area contributed by atoms with Crippen LogP contribution in [0, 0.1) is 0 Å². The molecule has 1 aliphatic heterocycles. The summed E-state index contributed by atoms with van der Waals surface area (Å²) in [6.45, 7) is 0.365. The van der Waals surface area contributed by atoms with E-state index in [1.54, 1.807) is 11.0 Å². The van der Waals surface area contributed by atoms with Crippen molar-refractivity contribution in [3.8, 4) is 11.3 Å². The number of nitrogens with zero attached hydrogens (tertiary/aromatic N) is 2. The molecule has 8 heteroatoms. The number of thiophene rings is 1. The standard InChI is InChI=1S/C19H18N2O4S2/c22-19(17-11-18(25-20-17)14-5-2-1-3-6-14)21(12-16-7-4-9-26-16)15-8-10-27(23,24)13-15/h1-7,9,11,15H,8,10,12-13H2/t15-/m1/s1. The van der Waals surface area contributed by atoms with Crippen molar-refractivity contribution in [3.63, 3.8) is 0 Å². The highest BCUT2D eigenvalue weighted by atomic mass is 32.2. The molecule has 0 spiro atoms. The molecule has 1 amide bonds. The van der Waals surface area contributed by atoms with Crippen molar-refractivity contribution in [1.29, 1.82) is 0 Å². The van der Waals surface area contributed by atoms with Crippen molar-refractivity contribution in [3.05, 3.63) is 64.5 Å². The van der Waals surface area contributed by atoms with Gasteiger partial charge in [-0.2, -0.15) is 0 Å². The van der Waals surface area contributed by atoms with Gasteiger partial charge in [-0.1, -0.05) is 41.6 Å². The van der Waals surface area contributed by atoms with E-state index in [-0.39, 0.29) is 29.1 Å². The molecule has 140 valence electrons. The van der Waals surface area contributed by atoms with Gasteiger partial charge in [0, 0.05) is 22.5 Å². The highest BCUT2D eigenvalue weighted by Crippen LogP contribution is 2.25. The van der Waals surface area contributed by atoms with Crippen LogP contribution in [0.1, 0.15) is 21.8 Å². The van der Waals surface area contributed by atoms with Gasteiger partial charge in [-0.05, 0) is 17.9 Å². The average Bonchev–Trinajstić information content (AvgIpc) is 3.41. The van der Waals surface area contributed by atoms with E-state index in [4.69, 9.17) is 4.52 Å². The summed E-state index contributed by atoms with van der Waals surface area (Å²) in [6.07, 6.45) is 0.447. The van der Waals surface area contributed by atoms with Crippen LogP contribution in [-0.4, -0.2) is 41.9 Å². The lowest BCUT2D eigenvalue weighted by molar-refractivity contribution is 0.0672. The van der Waals surface area contributed by atoms with E-state index in [9.17, 15) is 13.2 Å². The Morgan fingerprint density at radius 1 is 1.22 bits per heavy atom. The Hall–Kier alpha value is -2.45. The van der Waals surface area contributed by atoms with Crippen molar-refractivity contribution in [2.45, 2.75) is 19.0 Å². The third-order valence-corrected chi connectivity index (χ3v) is 7.22. The topological polar surface area (TPSA) is 80.5 Å². The maximum atomic E-state index is 13.1. The predicted molar refractivity (Wildman–Crippen MR) is 103 cm³/mol. The van der Waals surface area contributed by atoms with Gasteiger partial charge >= 0.3 is 0 Å². The normalized spacial score (nSPS) is 18.4. The van der Waals surface area contributed by atoms with E-state index < -0.39 is 9.84 Å². The quantitative estimate of drug-likeness (QED) is 0.655.